The van der Waals surface area contributed by atoms with Crippen molar-refractivity contribution in [2.75, 3.05) is 13.7 Å². The summed E-state index contributed by atoms with van der Waals surface area (Å²) in [6, 6.07) is 8.02. The molecule has 1 saturated heterocycles. The minimum absolute atomic E-state index is 0.0428. The molecule has 0 spiro atoms. The maximum Gasteiger partial charge on any atom is 0.156 e. The Labute approximate surface area is 107 Å². The van der Waals surface area contributed by atoms with Crippen LogP contribution in [0.15, 0.2) is 29.4 Å². The Balaban J connectivity index is 2.08. The summed E-state index contributed by atoms with van der Waals surface area (Å²) in [6.07, 6.45) is 2.02. The van der Waals surface area contributed by atoms with E-state index < -0.39 is 0 Å². The van der Waals surface area contributed by atoms with E-state index in [-0.39, 0.29) is 6.04 Å². The van der Waals surface area contributed by atoms with Crippen LogP contribution in [-0.4, -0.2) is 35.6 Å². The number of benzene rings is 1. The molecule has 0 radical (unpaired) electrons. The quantitative estimate of drug-likeness (QED) is 0.366. The summed E-state index contributed by atoms with van der Waals surface area (Å²) in [7, 11) is 1.66. The maximum absolute atomic E-state index is 8.78. The van der Waals surface area contributed by atoms with Gasteiger partial charge in [0, 0.05) is 6.54 Å². The molecular weight excluding hydrogens is 230 g/mol. The average molecular weight is 249 g/mol. The summed E-state index contributed by atoms with van der Waals surface area (Å²) in [5.41, 5.74) is 6.89. The summed E-state index contributed by atoms with van der Waals surface area (Å²) >= 11 is 0. The molecule has 1 aliphatic rings. The standard InChI is InChI=1S/C13H19N3O2/c1-18-11-5-2-4-10(8-11)9-16-7-3-6-12(16)13(14)15-17/h2,4-5,8,12,17H,3,6-7,9H2,1H3,(H2,14,15). The van der Waals surface area contributed by atoms with Crippen molar-refractivity contribution in [3.8, 4) is 5.75 Å². The lowest BCUT2D eigenvalue weighted by Gasteiger charge is -2.23. The van der Waals surface area contributed by atoms with Gasteiger partial charge in [0.05, 0.1) is 13.2 Å². The van der Waals surface area contributed by atoms with Crippen molar-refractivity contribution in [1.29, 1.82) is 0 Å². The van der Waals surface area contributed by atoms with Crippen LogP contribution in [0.1, 0.15) is 18.4 Å². The molecule has 5 nitrogen and oxygen atoms in total. The van der Waals surface area contributed by atoms with Crippen molar-refractivity contribution < 1.29 is 9.94 Å². The van der Waals surface area contributed by atoms with E-state index in [0.29, 0.717) is 5.84 Å². The number of amidine groups is 1. The fourth-order valence-electron chi connectivity index (χ4n) is 2.42. The van der Waals surface area contributed by atoms with Crippen molar-refractivity contribution in [3.05, 3.63) is 29.8 Å². The Bertz CT molecular complexity index is 434. The average Bonchev–Trinajstić information content (AvgIpc) is 2.86. The minimum Gasteiger partial charge on any atom is -0.497 e. The first-order valence-corrected chi connectivity index (χ1v) is 6.09. The van der Waals surface area contributed by atoms with Crippen LogP contribution in [0.25, 0.3) is 0 Å². The van der Waals surface area contributed by atoms with Gasteiger partial charge in [0.1, 0.15) is 5.75 Å². The van der Waals surface area contributed by atoms with Gasteiger partial charge in [-0.1, -0.05) is 17.3 Å². The number of methoxy groups -OCH3 is 1. The summed E-state index contributed by atoms with van der Waals surface area (Å²) in [5, 5.41) is 11.9. The van der Waals surface area contributed by atoms with Crippen LogP contribution in [0.5, 0.6) is 5.75 Å². The topological polar surface area (TPSA) is 71.1 Å². The molecule has 1 fully saturated rings. The van der Waals surface area contributed by atoms with Gasteiger partial charge in [-0.25, -0.2) is 0 Å². The minimum atomic E-state index is 0.0428. The molecule has 98 valence electrons. The van der Waals surface area contributed by atoms with Gasteiger partial charge in [-0.3, -0.25) is 4.90 Å². The fraction of sp³-hybridized carbons (Fsp3) is 0.462. The number of likely N-dealkylation sites (tertiary alicyclic amines) is 1. The van der Waals surface area contributed by atoms with Gasteiger partial charge in [0.2, 0.25) is 0 Å². The van der Waals surface area contributed by atoms with Crippen LogP contribution >= 0.6 is 0 Å². The van der Waals surface area contributed by atoms with Gasteiger partial charge < -0.3 is 15.7 Å². The molecule has 1 aliphatic heterocycles. The third-order valence-corrected chi connectivity index (χ3v) is 3.34. The van der Waals surface area contributed by atoms with Gasteiger partial charge in [-0.15, -0.1) is 0 Å². The first-order chi connectivity index (χ1) is 8.74. The van der Waals surface area contributed by atoms with Gasteiger partial charge in [-0.05, 0) is 37.1 Å². The Morgan fingerprint density at radius 1 is 1.61 bits per heavy atom. The molecule has 1 atom stereocenters. The van der Waals surface area contributed by atoms with Gasteiger partial charge >= 0.3 is 0 Å². The summed E-state index contributed by atoms with van der Waals surface area (Å²) in [4.78, 5) is 2.23. The Kier molecular flexibility index (Phi) is 4.04. The van der Waals surface area contributed by atoms with Crippen LogP contribution in [0.2, 0.25) is 0 Å². The first-order valence-electron chi connectivity index (χ1n) is 6.09. The van der Waals surface area contributed by atoms with Crippen molar-refractivity contribution in [2.45, 2.75) is 25.4 Å². The normalized spacial score (nSPS) is 21.2. The highest BCUT2D eigenvalue weighted by Gasteiger charge is 2.27. The molecule has 2 rings (SSSR count). The zero-order valence-corrected chi connectivity index (χ0v) is 10.5. The number of hydrogen-bond donors (Lipinski definition) is 2. The lowest BCUT2D eigenvalue weighted by Crippen LogP contribution is -2.40. The summed E-state index contributed by atoms with van der Waals surface area (Å²) < 4.78 is 5.21. The molecular formula is C13H19N3O2. The second-order valence-electron chi connectivity index (χ2n) is 4.50. The van der Waals surface area contributed by atoms with Gasteiger partial charge in [-0.2, -0.15) is 0 Å². The molecule has 0 amide bonds. The van der Waals surface area contributed by atoms with E-state index in [9.17, 15) is 0 Å². The second kappa shape index (κ2) is 5.73. The van der Waals surface area contributed by atoms with Crippen LogP contribution < -0.4 is 10.5 Å². The molecule has 0 saturated carbocycles. The van der Waals surface area contributed by atoms with E-state index in [4.69, 9.17) is 15.7 Å². The number of oxime groups is 1. The zero-order valence-electron chi connectivity index (χ0n) is 10.5. The monoisotopic (exact) mass is 249 g/mol. The molecule has 5 heteroatoms. The highest BCUT2D eigenvalue weighted by molar-refractivity contribution is 5.85. The molecule has 1 heterocycles. The van der Waals surface area contributed by atoms with E-state index in [0.717, 1.165) is 31.7 Å². The van der Waals surface area contributed by atoms with E-state index in [1.54, 1.807) is 7.11 Å². The van der Waals surface area contributed by atoms with Crippen molar-refractivity contribution >= 4 is 5.84 Å². The predicted molar refractivity (Wildman–Crippen MR) is 69.8 cm³/mol. The highest BCUT2D eigenvalue weighted by Crippen LogP contribution is 2.21. The Morgan fingerprint density at radius 2 is 2.44 bits per heavy atom. The summed E-state index contributed by atoms with van der Waals surface area (Å²) in [6.45, 7) is 1.76. The largest absolute Gasteiger partial charge is 0.497 e. The Hall–Kier alpha value is -1.75. The van der Waals surface area contributed by atoms with E-state index >= 15 is 0 Å². The van der Waals surface area contributed by atoms with Crippen LogP contribution in [0.4, 0.5) is 0 Å². The third kappa shape index (κ3) is 2.73. The van der Waals surface area contributed by atoms with Crippen LogP contribution in [0.3, 0.4) is 0 Å². The van der Waals surface area contributed by atoms with Gasteiger partial charge in [0.15, 0.2) is 5.84 Å². The zero-order chi connectivity index (χ0) is 13.0. The van der Waals surface area contributed by atoms with Crippen molar-refractivity contribution in [3.63, 3.8) is 0 Å². The molecule has 3 N–H and O–H groups in total. The van der Waals surface area contributed by atoms with E-state index in [1.807, 2.05) is 18.2 Å². The second-order valence-corrected chi connectivity index (χ2v) is 4.50. The fourth-order valence-corrected chi connectivity index (χ4v) is 2.42. The number of hydrogen-bond acceptors (Lipinski definition) is 4. The number of nitrogens with two attached hydrogens (primary N) is 1. The molecule has 0 aliphatic carbocycles. The number of rotatable bonds is 4. The number of ether oxygens (including phenoxy) is 1. The van der Waals surface area contributed by atoms with E-state index in [2.05, 4.69) is 16.1 Å². The molecule has 1 unspecified atom stereocenters. The van der Waals surface area contributed by atoms with Gasteiger partial charge in [0.25, 0.3) is 0 Å². The first kappa shape index (κ1) is 12.7. The maximum atomic E-state index is 8.78. The van der Waals surface area contributed by atoms with Crippen LogP contribution in [0, 0.1) is 0 Å². The smallest absolute Gasteiger partial charge is 0.156 e. The third-order valence-electron chi connectivity index (χ3n) is 3.34. The summed E-state index contributed by atoms with van der Waals surface area (Å²) in [5.74, 6) is 1.16. The van der Waals surface area contributed by atoms with E-state index in [1.165, 1.54) is 5.56 Å². The highest BCUT2D eigenvalue weighted by atomic mass is 16.5. The molecule has 0 aromatic heterocycles. The predicted octanol–water partition coefficient (Wildman–Crippen LogP) is 1.41. The lowest BCUT2D eigenvalue weighted by molar-refractivity contribution is 0.274. The molecule has 1 aromatic carbocycles. The molecule has 0 bridgehead atoms. The lowest BCUT2D eigenvalue weighted by atomic mass is 10.1. The van der Waals surface area contributed by atoms with Crippen molar-refractivity contribution in [1.82, 2.24) is 4.90 Å². The van der Waals surface area contributed by atoms with Crippen LogP contribution in [-0.2, 0) is 6.54 Å². The van der Waals surface area contributed by atoms with Crippen molar-refractivity contribution in [2.24, 2.45) is 10.9 Å². The molecule has 18 heavy (non-hydrogen) atoms. The number of nitrogens with zero attached hydrogens (tertiary/aromatic N) is 2. The SMILES string of the molecule is COc1cccc(CN2CCCC2C(N)=NO)c1. The molecule has 1 aromatic rings. The Morgan fingerprint density at radius 3 is 3.17 bits per heavy atom.